The average molecular weight is 632 g/mol. The van der Waals surface area contributed by atoms with Gasteiger partial charge in [-0.05, 0) is 62.4 Å². The first kappa shape index (κ1) is 30.4. The van der Waals surface area contributed by atoms with Crippen LogP contribution in [-0.4, -0.2) is 98.3 Å². The maximum atomic E-state index is 13.3. The molecule has 1 aromatic heterocycles. The first-order valence-electron chi connectivity index (χ1n) is 14.5. The summed E-state index contributed by atoms with van der Waals surface area (Å²) in [6.45, 7) is 0.986. The third-order valence-electron chi connectivity index (χ3n) is 8.91. The molecular weight excluding hydrogens is 594 g/mol. The number of hydrogen-bond donors (Lipinski definition) is 3. The normalized spacial score (nSPS) is 22.5. The molecule has 0 radical (unpaired) electrons. The van der Waals surface area contributed by atoms with Crippen LogP contribution in [0.25, 0.3) is 10.9 Å². The number of ether oxygens (including phenoxy) is 2. The highest BCUT2D eigenvalue weighted by Gasteiger charge is 2.54. The molecule has 3 aliphatic rings. The van der Waals surface area contributed by atoms with E-state index in [0.29, 0.717) is 57.6 Å². The van der Waals surface area contributed by atoms with E-state index in [1.54, 1.807) is 18.2 Å². The number of pyridine rings is 1. The third kappa shape index (κ3) is 6.04. The van der Waals surface area contributed by atoms with E-state index in [4.69, 9.17) is 9.47 Å². The van der Waals surface area contributed by atoms with Crippen molar-refractivity contribution in [3.8, 4) is 5.75 Å². The topological polar surface area (TPSA) is 155 Å². The molecule has 1 saturated carbocycles. The van der Waals surface area contributed by atoms with Gasteiger partial charge in [0.15, 0.2) is 9.84 Å². The lowest BCUT2D eigenvalue weighted by Crippen LogP contribution is -2.47. The molecule has 11 nitrogen and oxygen atoms in total. The lowest BCUT2D eigenvalue weighted by Gasteiger charge is -2.38. The zero-order valence-electron chi connectivity index (χ0n) is 23.8. The summed E-state index contributed by atoms with van der Waals surface area (Å²) >= 11 is 0. The van der Waals surface area contributed by atoms with Crippen LogP contribution in [0, 0.1) is 0 Å². The minimum atomic E-state index is -3.67. The molecule has 3 aromatic rings. The summed E-state index contributed by atoms with van der Waals surface area (Å²) in [5, 5.41) is 24.2. The van der Waals surface area contributed by atoms with Gasteiger partial charge in [0.2, 0.25) is 10.0 Å². The molecule has 3 heterocycles. The molecule has 3 fully saturated rings. The predicted octanol–water partition coefficient (Wildman–Crippen LogP) is 1.88. The molecule has 2 saturated heterocycles. The number of rotatable bonds is 11. The monoisotopic (exact) mass is 631 g/mol. The smallest absolute Gasteiger partial charge is 0.244 e. The summed E-state index contributed by atoms with van der Waals surface area (Å²) in [4.78, 5) is 4.61. The van der Waals surface area contributed by atoms with Crippen molar-refractivity contribution >= 4 is 30.8 Å². The summed E-state index contributed by atoms with van der Waals surface area (Å²) in [5.74, 6) is 0.332. The molecule has 13 heteroatoms. The molecule has 2 aromatic carbocycles. The largest absolute Gasteiger partial charge is 0.491 e. The van der Waals surface area contributed by atoms with Crippen molar-refractivity contribution in [1.29, 1.82) is 0 Å². The van der Waals surface area contributed by atoms with Crippen molar-refractivity contribution in [2.45, 2.75) is 64.4 Å². The Hall–Kier alpha value is -2.65. The van der Waals surface area contributed by atoms with Gasteiger partial charge in [0.25, 0.3) is 0 Å². The van der Waals surface area contributed by atoms with Crippen LogP contribution in [0.5, 0.6) is 5.75 Å². The first-order valence-corrected chi connectivity index (χ1v) is 17.5. The van der Waals surface area contributed by atoms with Crippen LogP contribution in [0.15, 0.2) is 70.6 Å². The second-order valence-corrected chi connectivity index (χ2v) is 16.1. The Labute approximate surface area is 251 Å². The molecule has 6 rings (SSSR count). The summed E-state index contributed by atoms with van der Waals surface area (Å²) in [6.07, 6.45) is 3.32. The van der Waals surface area contributed by atoms with Crippen molar-refractivity contribution in [3.63, 3.8) is 0 Å². The second-order valence-electron chi connectivity index (χ2n) is 11.9. The van der Waals surface area contributed by atoms with Crippen LogP contribution < -0.4 is 10.1 Å². The number of nitrogens with one attached hydrogen (secondary N) is 1. The van der Waals surface area contributed by atoms with Gasteiger partial charge in [-0.1, -0.05) is 24.3 Å². The van der Waals surface area contributed by atoms with Crippen molar-refractivity contribution < 1.29 is 36.5 Å². The number of piperidine rings is 1. The van der Waals surface area contributed by atoms with E-state index >= 15 is 0 Å². The molecule has 1 aliphatic carbocycles. The summed E-state index contributed by atoms with van der Waals surface area (Å²) < 4.78 is 64.7. The Morgan fingerprint density at radius 2 is 1.79 bits per heavy atom. The molecular formula is C30H37N3O8S2. The van der Waals surface area contributed by atoms with Crippen LogP contribution >= 0.6 is 0 Å². The molecule has 2 atom stereocenters. The highest BCUT2D eigenvalue weighted by atomic mass is 32.2. The Morgan fingerprint density at radius 3 is 2.53 bits per heavy atom. The van der Waals surface area contributed by atoms with Gasteiger partial charge >= 0.3 is 0 Å². The average Bonchev–Trinajstić information content (AvgIpc) is 3.75. The van der Waals surface area contributed by atoms with Gasteiger partial charge in [-0.25, -0.2) is 16.8 Å². The molecule has 2 aliphatic heterocycles. The van der Waals surface area contributed by atoms with Gasteiger partial charge in [-0.3, -0.25) is 4.98 Å². The molecule has 232 valence electrons. The summed E-state index contributed by atoms with van der Waals surface area (Å²) in [5.41, 5.74) is 0.338. The number of para-hydroxylation sites is 1. The Kier molecular flexibility index (Phi) is 8.26. The molecule has 0 amide bonds. The number of aliphatic hydroxyl groups excluding tert-OH is 2. The predicted molar refractivity (Wildman–Crippen MR) is 159 cm³/mol. The van der Waals surface area contributed by atoms with Crippen molar-refractivity contribution in [1.82, 2.24) is 14.6 Å². The van der Waals surface area contributed by atoms with E-state index in [0.717, 1.165) is 10.9 Å². The van der Waals surface area contributed by atoms with E-state index < -0.39 is 42.9 Å². The maximum absolute atomic E-state index is 13.3. The lowest BCUT2D eigenvalue weighted by atomic mass is 9.88. The number of aliphatic hydroxyl groups is 2. The number of sulfonamides is 1. The van der Waals surface area contributed by atoms with Crippen LogP contribution in [0.1, 0.15) is 32.1 Å². The SMILES string of the molecule is O=S(=O)(c1cnc2ccccc2c1)N1CCC2(CC1)C[C@@H](NC[C@H](O)COc1cccc(S(=O)(=O)C3(CO)CC3)c1)CO2. The Balaban J connectivity index is 0.971. The number of nitrogens with zero attached hydrogens (tertiary/aromatic N) is 2. The Bertz CT molecular complexity index is 1690. The molecule has 0 unspecified atom stereocenters. The lowest BCUT2D eigenvalue weighted by molar-refractivity contribution is -0.0312. The van der Waals surface area contributed by atoms with Crippen molar-refractivity contribution in [2.24, 2.45) is 0 Å². The summed E-state index contributed by atoms with van der Waals surface area (Å²) in [7, 11) is -7.34. The maximum Gasteiger partial charge on any atom is 0.244 e. The zero-order valence-corrected chi connectivity index (χ0v) is 25.4. The van der Waals surface area contributed by atoms with E-state index in [1.165, 1.54) is 22.6 Å². The van der Waals surface area contributed by atoms with Crippen LogP contribution in [-0.2, 0) is 24.6 Å². The van der Waals surface area contributed by atoms with Crippen molar-refractivity contribution in [2.75, 3.05) is 39.5 Å². The van der Waals surface area contributed by atoms with Gasteiger partial charge in [0.1, 0.15) is 23.4 Å². The number of aromatic nitrogens is 1. The van der Waals surface area contributed by atoms with Gasteiger partial charge in [0, 0.05) is 37.3 Å². The van der Waals surface area contributed by atoms with E-state index in [1.807, 2.05) is 24.3 Å². The number of benzene rings is 2. The molecule has 1 spiro atoms. The quantitative estimate of drug-likeness (QED) is 0.286. The fourth-order valence-corrected chi connectivity index (χ4v) is 9.25. The zero-order chi connectivity index (χ0) is 30.3. The standard InChI is InChI=1S/C30H37N3O8S2/c34-21-30(8-9-30)42(36,37)26-6-3-5-25(15-26)40-20-24(35)17-31-23-16-29(41-19-23)10-12-33(13-11-29)43(38,39)27-14-22-4-1-2-7-28(22)32-18-27/h1-7,14-15,18,23-24,31,34-35H,8-13,16-17,19-21H2/t23-,24+/m1/s1. The number of hydrogen-bond acceptors (Lipinski definition) is 10. The second kappa shape index (κ2) is 11.7. The van der Waals surface area contributed by atoms with Crippen LogP contribution in [0.3, 0.4) is 0 Å². The van der Waals surface area contributed by atoms with Gasteiger partial charge in [0.05, 0.1) is 34.0 Å². The van der Waals surface area contributed by atoms with Gasteiger partial charge in [-0.15, -0.1) is 0 Å². The summed E-state index contributed by atoms with van der Waals surface area (Å²) in [6, 6.07) is 15.2. The van der Waals surface area contributed by atoms with Crippen LogP contribution in [0.4, 0.5) is 0 Å². The first-order chi connectivity index (χ1) is 20.6. The highest BCUT2D eigenvalue weighted by molar-refractivity contribution is 7.93. The highest BCUT2D eigenvalue weighted by Crippen LogP contribution is 2.46. The number of sulfone groups is 1. The van der Waals surface area contributed by atoms with E-state index in [2.05, 4.69) is 10.3 Å². The molecule has 43 heavy (non-hydrogen) atoms. The fourth-order valence-electron chi connectivity index (χ4n) is 5.99. The van der Waals surface area contributed by atoms with Gasteiger partial charge < -0.3 is 25.0 Å². The minimum absolute atomic E-state index is 0.00387. The Morgan fingerprint density at radius 1 is 1.02 bits per heavy atom. The number of fused-ring (bicyclic) bond motifs is 1. The third-order valence-corrected chi connectivity index (χ3v) is 13.3. The van der Waals surface area contributed by atoms with E-state index in [9.17, 15) is 27.0 Å². The minimum Gasteiger partial charge on any atom is -0.491 e. The van der Waals surface area contributed by atoms with Crippen LogP contribution in [0.2, 0.25) is 0 Å². The molecule has 3 N–H and O–H groups in total. The molecule has 0 bridgehead atoms. The fraction of sp³-hybridized carbons (Fsp3) is 0.500. The van der Waals surface area contributed by atoms with Gasteiger partial charge in [-0.2, -0.15) is 4.31 Å². The van der Waals surface area contributed by atoms with Crippen molar-refractivity contribution in [3.05, 3.63) is 60.8 Å². The van der Waals surface area contributed by atoms with E-state index in [-0.39, 0.29) is 29.0 Å².